The molecule has 60 valence electrons. The Morgan fingerprint density at radius 1 is 1.50 bits per heavy atom. The van der Waals surface area contributed by atoms with Gasteiger partial charge in [-0.05, 0) is 19.3 Å². The highest BCUT2D eigenvalue weighted by atomic mass is 14.9. The van der Waals surface area contributed by atoms with Gasteiger partial charge in [0.2, 0.25) is 0 Å². The first-order chi connectivity index (χ1) is 4.70. The first-order valence-electron chi connectivity index (χ1n) is 4.12. The predicted octanol–water partition coefficient (Wildman–Crippen LogP) is 2.55. The number of nitrogens with one attached hydrogen (secondary N) is 1. The van der Waals surface area contributed by atoms with Crippen LogP contribution in [0.4, 0.5) is 0 Å². The monoisotopic (exact) mass is 141 g/mol. The van der Waals surface area contributed by atoms with E-state index in [0.717, 1.165) is 18.9 Å². The lowest BCUT2D eigenvalue weighted by atomic mass is 10.0. The normalized spacial score (nSPS) is 12.7. The second kappa shape index (κ2) is 5.33. The van der Waals surface area contributed by atoms with Crippen LogP contribution in [-0.2, 0) is 0 Å². The van der Waals surface area contributed by atoms with Gasteiger partial charge in [0.15, 0.2) is 0 Å². The van der Waals surface area contributed by atoms with E-state index >= 15 is 0 Å². The largest absolute Gasteiger partial charge is 0.389 e. The third kappa shape index (κ3) is 4.42. The summed E-state index contributed by atoms with van der Waals surface area (Å²) in [5.74, 6) is 0.770. The molecule has 0 spiro atoms. The fraction of sp³-hybridized carbons (Fsp3) is 0.778. The second-order valence-electron chi connectivity index (χ2n) is 2.85. The smallest absolute Gasteiger partial charge is 0.0115 e. The minimum Gasteiger partial charge on any atom is -0.389 e. The van der Waals surface area contributed by atoms with Crippen molar-refractivity contribution < 1.29 is 0 Å². The molecule has 0 aliphatic heterocycles. The summed E-state index contributed by atoms with van der Waals surface area (Å²) in [6.45, 7) is 11.5. The van der Waals surface area contributed by atoms with Gasteiger partial charge in [0.05, 0.1) is 0 Å². The van der Waals surface area contributed by atoms with Crippen molar-refractivity contribution in [3.63, 3.8) is 0 Å². The molecule has 0 saturated heterocycles. The Morgan fingerprint density at radius 3 is 2.50 bits per heavy atom. The van der Waals surface area contributed by atoms with Gasteiger partial charge >= 0.3 is 0 Å². The van der Waals surface area contributed by atoms with Crippen LogP contribution in [0.3, 0.4) is 0 Å². The molecule has 1 unspecified atom stereocenters. The van der Waals surface area contributed by atoms with E-state index in [-0.39, 0.29) is 0 Å². The molecule has 0 heterocycles. The Kier molecular flexibility index (Phi) is 5.09. The maximum atomic E-state index is 3.92. The van der Waals surface area contributed by atoms with Crippen molar-refractivity contribution in [3.8, 4) is 0 Å². The SMILES string of the molecule is C=C(CC(C)CC)NCC. The van der Waals surface area contributed by atoms with E-state index in [4.69, 9.17) is 0 Å². The maximum absolute atomic E-state index is 3.92. The minimum atomic E-state index is 0.770. The predicted molar refractivity (Wildman–Crippen MR) is 46.9 cm³/mol. The highest BCUT2D eigenvalue weighted by Gasteiger charge is 1.99. The molecule has 0 aliphatic carbocycles. The number of hydrogen-bond donors (Lipinski definition) is 1. The van der Waals surface area contributed by atoms with Gasteiger partial charge in [-0.3, -0.25) is 0 Å². The summed E-state index contributed by atoms with van der Waals surface area (Å²) < 4.78 is 0. The van der Waals surface area contributed by atoms with Crippen LogP contribution in [0.5, 0.6) is 0 Å². The van der Waals surface area contributed by atoms with Gasteiger partial charge in [0.25, 0.3) is 0 Å². The summed E-state index contributed by atoms with van der Waals surface area (Å²) in [7, 11) is 0. The molecule has 0 aromatic rings. The molecule has 1 nitrogen and oxygen atoms in total. The summed E-state index contributed by atoms with van der Waals surface area (Å²) in [5.41, 5.74) is 1.18. The fourth-order valence-electron chi connectivity index (χ4n) is 0.887. The molecule has 0 aliphatic rings. The zero-order valence-corrected chi connectivity index (χ0v) is 7.41. The lowest BCUT2D eigenvalue weighted by Crippen LogP contribution is -2.13. The molecule has 0 saturated carbocycles. The molecular weight excluding hydrogens is 122 g/mol. The van der Waals surface area contributed by atoms with E-state index in [1.807, 2.05) is 0 Å². The van der Waals surface area contributed by atoms with Crippen molar-refractivity contribution in [1.29, 1.82) is 0 Å². The topological polar surface area (TPSA) is 12.0 Å². The fourth-order valence-corrected chi connectivity index (χ4v) is 0.887. The van der Waals surface area contributed by atoms with Crippen molar-refractivity contribution in [2.45, 2.75) is 33.6 Å². The Bertz CT molecular complexity index is 96.9. The number of allylic oxidation sites excluding steroid dienone is 1. The molecule has 10 heavy (non-hydrogen) atoms. The van der Waals surface area contributed by atoms with Gasteiger partial charge < -0.3 is 5.32 Å². The molecule has 1 heteroatoms. The van der Waals surface area contributed by atoms with E-state index < -0.39 is 0 Å². The average molecular weight is 141 g/mol. The molecule has 0 amide bonds. The van der Waals surface area contributed by atoms with Gasteiger partial charge in [-0.25, -0.2) is 0 Å². The molecule has 0 fully saturated rings. The lowest BCUT2D eigenvalue weighted by Gasteiger charge is -2.11. The third-order valence-electron chi connectivity index (χ3n) is 1.72. The Hall–Kier alpha value is -0.460. The third-order valence-corrected chi connectivity index (χ3v) is 1.72. The van der Waals surface area contributed by atoms with Crippen LogP contribution in [0.15, 0.2) is 12.3 Å². The zero-order valence-electron chi connectivity index (χ0n) is 7.41. The van der Waals surface area contributed by atoms with Crippen LogP contribution in [0.25, 0.3) is 0 Å². The quantitative estimate of drug-likeness (QED) is 0.620. The highest BCUT2D eigenvalue weighted by molar-refractivity contribution is 4.91. The maximum Gasteiger partial charge on any atom is 0.0115 e. The van der Waals surface area contributed by atoms with Crippen LogP contribution in [-0.4, -0.2) is 6.54 Å². The van der Waals surface area contributed by atoms with Crippen molar-refractivity contribution in [2.24, 2.45) is 5.92 Å². The van der Waals surface area contributed by atoms with Gasteiger partial charge in [-0.1, -0.05) is 26.8 Å². The molecular formula is C9H19N. The molecule has 0 bridgehead atoms. The van der Waals surface area contributed by atoms with Crippen LogP contribution in [0.1, 0.15) is 33.6 Å². The van der Waals surface area contributed by atoms with Gasteiger partial charge in [0, 0.05) is 12.2 Å². The first-order valence-corrected chi connectivity index (χ1v) is 4.12. The Morgan fingerprint density at radius 2 is 2.10 bits per heavy atom. The first kappa shape index (κ1) is 9.54. The second-order valence-corrected chi connectivity index (χ2v) is 2.85. The molecule has 1 N–H and O–H groups in total. The van der Waals surface area contributed by atoms with Crippen molar-refractivity contribution in [2.75, 3.05) is 6.54 Å². The molecule has 1 atom stereocenters. The van der Waals surface area contributed by atoms with Gasteiger partial charge in [0.1, 0.15) is 0 Å². The molecule has 0 aromatic carbocycles. The zero-order chi connectivity index (χ0) is 7.98. The summed E-state index contributed by atoms with van der Waals surface area (Å²) in [5, 5.41) is 3.22. The number of hydrogen-bond acceptors (Lipinski definition) is 1. The summed E-state index contributed by atoms with van der Waals surface area (Å²) in [4.78, 5) is 0. The molecule has 0 radical (unpaired) electrons. The van der Waals surface area contributed by atoms with Crippen molar-refractivity contribution in [1.82, 2.24) is 5.32 Å². The van der Waals surface area contributed by atoms with Gasteiger partial charge in [-0.15, -0.1) is 0 Å². The van der Waals surface area contributed by atoms with E-state index in [2.05, 4.69) is 32.7 Å². The van der Waals surface area contributed by atoms with E-state index in [0.29, 0.717) is 0 Å². The van der Waals surface area contributed by atoms with Crippen LogP contribution in [0, 0.1) is 5.92 Å². The van der Waals surface area contributed by atoms with Crippen molar-refractivity contribution >= 4 is 0 Å². The highest BCUT2D eigenvalue weighted by Crippen LogP contribution is 2.10. The summed E-state index contributed by atoms with van der Waals surface area (Å²) >= 11 is 0. The summed E-state index contributed by atoms with van der Waals surface area (Å²) in [6.07, 6.45) is 2.36. The van der Waals surface area contributed by atoms with Crippen LogP contribution >= 0.6 is 0 Å². The Balaban J connectivity index is 3.37. The van der Waals surface area contributed by atoms with Crippen LogP contribution in [0.2, 0.25) is 0 Å². The number of rotatable bonds is 5. The summed E-state index contributed by atoms with van der Waals surface area (Å²) in [6, 6.07) is 0. The molecule has 0 aromatic heterocycles. The van der Waals surface area contributed by atoms with Crippen molar-refractivity contribution in [3.05, 3.63) is 12.3 Å². The average Bonchev–Trinajstić information content (AvgIpc) is 1.88. The molecule has 0 rings (SSSR count). The van der Waals surface area contributed by atoms with Gasteiger partial charge in [-0.2, -0.15) is 0 Å². The minimum absolute atomic E-state index is 0.770. The Labute approximate surface area is 64.5 Å². The van der Waals surface area contributed by atoms with E-state index in [1.54, 1.807) is 0 Å². The van der Waals surface area contributed by atoms with E-state index in [1.165, 1.54) is 12.1 Å². The lowest BCUT2D eigenvalue weighted by molar-refractivity contribution is 0.538. The van der Waals surface area contributed by atoms with Crippen LogP contribution < -0.4 is 5.32 Å². The standard InChI is InChI=1S/C9H19N/c1-5-8(3)7-9(4)10-6-2/h8,10H,4-7H2,1-3H3. The van der Waals surface area contributed by atoms with E-state index in [9.17, 15) is 0 Å².